The Bertz CT molecular complexity index is 1400. The number of aromatic carboxylic acids is 1. The number of carbonyl (C=O) groups is 1. The van der Waals surface area contributed by atoms with Crippen molar-refractivity contribution in [1.82, 2.24) is 4.98 Å². The fourth-order valence-corrected chi connectivity index (χ4v) is 3.58. The van der Waals surface area contributed by atoms with Crippen molar-refractivity contribution in [3.63, 3.8) is 0 Å². The average molecular weight is 381 g/mol. The predicted octanol–water partition coefficient (Wildman–Crippen LogP) is 3.24. The Morgan fingerprint density at radius 3 is 2.14 bits per heavy atom. The molecule has 1 aliphatic heterocycles. The standard InChI is InChI=1S/C23H15N3O3/c27-22-20(15-11-10-14(23(28)29)12-18(15)26-22)19(13-6-2-1-3-7-13)21-24-16-8-4-5-9-17(16)25-21/h1-12,26-27H,(H,28,29). The van der Waals surface area contributed by atoms with Crippen LogP contribution in [-0.4, -0.2) is 21.2 Å². The summed E-state index contributed by atoms with van der Waals surface area (Å²) >= 11 is 0. The fraction of sp³-hybridized carbons (Fsp3) is 0. The van der Waals surface area contributed by atoms with Crippen molar-refractivity contribution in [2.24, 2.45) is 9.98 Å². The summed E-state index contributed by atoms with van der Waals surface area (Å²) in [4.78, 5) is 23.5. The summed E-state index contributed by atoms with van der Waals surface area (Å²) in [5.41, 5.74) is 2.73. The van der Waals surface area contributed by atoms with E-state index in [1.807, 2.05) is 54.6 Å². The molecule has 6 nitrogen and oxygen atoms in total. The molecule has 140 valence electrons. The molecule has 1 aromatic heterocycles. The van der Waals surface area contributed by atoms with Gasteiger partial charge in [-0.15, -0.1) is 0 Å². The smallest absolute Gasteiger partial charge is 0.335 e. The van der Waals surface area contributed by atoms with Gasteiger partial charge >= 0.3 is 5.97 Å². The van der Waals surface area contributed by atoms with Crippen LogP contribution >= 0.6 is 0 Å². The molecule has 0 radical (unpaired) electrons. The van der Waals surface area contributed by atoms with E-state index in [0.717, 1.165) is 16.3 Å². The molecule has 29 heavy (non-hydrogen) atoms. The highest BCUT2D eigenvalue weighted by atomic mass is 16.4. The maximum Gasteiger partial charge on any atom is 0.335 e. The molecule has 3 N–H and O–H groups in total. The predicted molar refractivity (Wildman–Crippen MR) is 108 cm³/mol. The van der Waals surface area contributed by atoms with Crippen LogP contribution in [-0.2, 0) is 0 Å². The van der Waals surface area contributed by atoms with Crippen molar-refractivity contribution in [1.29, 1.82) is 0 Å². The van der Waals surface area contributed by atoms with E-state index < -0.39 is 5.97 Å². The zero-order chi connectivity index (χ0) is 20.0. The summed E-state index contributed by atoms with van der Waals surface area (Å²) < 4.78 is 0. The van der Waals surface area contributed by atoms with Crippen molar-refractivity contribution >= 4 is 22.4 Å². The summed E-state index contributed by atoms with van der Waals surface area (Å²) in [5.74, 6) is -0.591. The number of H-pyrrole nitrogens is 1. The third kappa shape index (κ3) is 2.78. The molecule has 0 fully saturated rings. The summed E-state index contributed by atoms with van der Waals surface area (Å²) in [6.45, 7) is 0. The van der Waals surface area contributed by atoms with Crippen LogP contribution in [0.15, 0.2) is 88.6 Å². The lowest BCUT2D eigenvalue weighted by atomic mass is 9.96. The van der Waals surface area contributed by atoms with Gasteiger partial charge in [-0.25, -0.2) is 14.8 Å². The second kappa shape index (κ2) is 6.45. The van der Waals surface area contributed by atoms with E-state index in [1.54, 1.807) is 6.07 Å². The van der Waals surface area contributed by atoms with E-state index in [0.29, 0.717) is 27.9 Å². The number of nitrogens with zero attached hydrogens (tertiary/aromatic N) is 2. The minimum Gasteiger partial charge on any atom is -0.494 e. The lowest BCUT2D eigenvalue weighted by molar-refractivity contribution is 0.0697. The Hall–Kier alpha value is -4.19. The Balaban J connectivity index is 1.84. The fourth-order valence-electron chi connectivity index (χ4n) is 3.58. The van der Waals surface area contributed by atoms with E-state index >= 15 is 0 Å². The van der Waals surface area contributed by atoms with Crippen molar-refractivity contribution < 1.29 is 15.0 Å². The molecule has 2 heterocycles. The quantitative estimate of drug-likeness (QED) is 0.508. The average Bonchev–Trinajstić information content (AvgIpc) is 3.29. The second-order valence-electron chi connectivity index (χ2n) is 6.69. The number of benzene rings is 3. The van der Waals surface area contributed by atoms with E-state index in [4.69, 9.17) is 0 Å². The summed E-state index contributed by atoms with van der Waals surface area (Å²) in [6.07, 6.45) is 0. The van der Waals surface area contributed by atoms with E-state index in [2.05, 4.69) is 15.0 Å². The minimum atomic E-state index is -1.03. The van der Waals surface area contributed by atoms with Gasteiger partial charge in [-0.1, -0.05) is 48.5 Å². The Morgan fingerprint density at radius 1 is 0.828 bits per heavy atom. The molecular formula is C23H15N3O3. The zero-order valence-electron chi connectivity index (χ0n) is 15.1. The van der Waals surface area contributed by atoms with Gasteiger partial charge in [0, 0.05) is 16.5 Å². The SMILES string of the molecule is O=C(O)c1ccc2c(C(=C3N=c4ccccc4=N3)c3ccccc3)c(O)[nH]c2c1. The van der Waals surface area contributed by atoms with Crippen molar-refractivity contribution in [2.75, 3.05) is 0 Å². The van der Waals surface area contributed by atoms with E-state index in [-0.39, 0.29) is 11.4 Å². The molecular weight excluding hydrogens is 366 g/mol. The van der Waals surface area contributed by atoms with Gasteiger partial charge in [-0.3, -0.25) is 0 Å². The molecule has 0 bridgehead atoms. The first-order valence-corrected chi connectivity index (χ1v) is 9.02. The molecule has 0 unspecified atom stereocenters. The third-order valence-electron chi connectivity index (χ3n) is 4.90. The monoisotopic (exact) mass is 381 g/mol. The summed E-state index contributed by atoms with van der Waals surface area (Å²) in [6, 6.07) is 21.9. The number of nitrogens with one attached hydrogen (secondary N) is 1. The first-order chi connectivity index (χ1) is 14.1. The minimum absolute atomic E-state index is 0.0600. The number of aromatic amines is 1. The number of carboxylic acid groups (broad SMARTS) is 1. The van der Waals surface area contributed by atoms with Crippen molar-refractivity contribution in [2.45, 2.75) is 0 Å². The number of aromatic nitrogens is 1. The molecule has 0 amide bonds. The normalized spacial score (nSPS) is 12.3. The van der Waals surface area contributed by atoms with Crippen LogP contribution in [0.25, 0.3) is 16.5 Å². The van der Waals surface area contributed by atoms with Gasteiger partial charge in [0.2, 0.25) is 0 Å². The molecule has 0 atom stereocenters. The van der Waals surface area contributed by atoms with E-state index in [1.165, 1.54) is 12.1 Å². The van der Waals surface area contributed by atoms with Crippen molar-refractivity contribution in [3.8, 4) is 5.88 Å². The number of hydrogen-bond acceptors (Lipinski definition) is 4. The van der Waals surface area contributed by atoms with Crippen LogP contribution in [0.2, 0.25) is 0 Å². The Kier molecular flexibility index (Phi) is 3.77. The number of carboxylic acids is 1. The molecule has 1 aliphatic rings. The Morgan fingerprint density at radius 2 is 1.48 bits per heavy atom. The lowest BCUT2D eigenvalue weighted by Gasteiger charge is -2.09. The van der Waals surface area contributed by atoms with Crippen LogP contribution in [0.3, 0.4) is 0 Å². The maximum absolute atomic E-state index is 11.3. The van der Waals surface area contributed by atoms with E-state index in [9.17, 15) is 15.0 Å². The number of fused-ring (bicyclic) bond motifs is 2. The van der Waals surface area contributed by atoms with Crippen LogP contribution in [0.5, 0.6) is 5.88 Å². The van der Waals surface area contributed by atoms with Gasteiger partial charge in [-0.2, -0.15) is 0 Å². The molecule has 0 spiro atoms. The molecule has 3 aromatic carbocycles. The number of para-hydroxylation sites is 2. The molecule has 5 rings (SSSR count). The number of rotatable bonds is 3. The largest absolute Gasteiger partial charge is 0.494 e. The second-order valence-corrected chi connectivity index (χ2v) is 6.69. The molecule has 0 aliphatic carbocycles. The van der Waals surface area contributed by atoms with Gasteiger partial charge in [0.15, 0.2) is 11.7 Å². The topological polar surface area (TPSA) is 98.0 Å². The van der Waals surface area contributed by atoms with Gasteiger partial charge in [0.05, 0.1) is 21.8 Å². The van der Waals surface area contributed by atoms with Crippen molar-refractivity contribution in [3.05, 3.63) is 106 Å². The van der Waals surface area contributed by atoms with Crippen LogP contribution < -0.4 is 10.7 Å². The van der Waals surface area contributed by atoms with Crippen LogP contribution in [0.4, 0.5) is 0 Å². The first-order valence-electron chi connectivity index (χ1n) is 9.02. The maximum atomic E-state index is 11.3. The Labute approximate surface area is 164 Å². The molecule has 0 saturated carbocycles. The van der Waals surface area contributed by atoms with Crippen LogP contribution in [0, 0.1) is 0 Å². The zero-order valence-corrected chi connectivity index (χ0v) is 15.1. The van der Waals surface area contributed by atoms with Crippen LogP contribution in [0.1, 0.15) is 21.5 Å². The lowest BCUT2D eigenvalue weighted by Crippen LogP contribution is -2.19. The molecule has 0 saturated heterocycles. The third-order valence-corrected chi connectivity index (χ3v) is 4.90. The highest BCUT2D eigenvalue weighted by molar-refractivity contribution is 6.02. The number of hydrogen-bond donors (Lipinski definition) is 3. The summed E-state index contributed by atoms with van der Waals surface area (Å²) in [5, 5.41) is 22.2. The number of aromatic hydroxyl groups is 1. The van der Waals surface area contributed by atoms with Gasteiger partial charge in [0.25, 0.3) is 0 Å². The molecule has 4 aromatic rings. The first kappa shape index (κ1) is 16.9. The summed E-state index contributed by atoms with van der Waals surface area (Å²) in [7, 11) is 0. The van der Waals surface area contributed by atoms with Gasteiger partial charge in [-0.05, 0) is 29.8 Å². The van der Waals surface area contributed by atoms with Gasteiger partial charge < -0.3 is 15.2 Å². The highest BCUT2D eigenvalue weighted by Crippen LogP contribution is 2.39. The van der Waals surface area contributed by atoms with Gasteiger partial charge in [0.1, 0.15) is 0 Å². The highest BCUT2D eigenvalue weighted by Gasteiger charge is 2.22. The molecule has 6 heteroatoms.